The lowest BCUT2D eigenvalue weighted by Crippen LogP contribution is -2.48. The first kappa shape index (κ1) is 11.5. The largest absolute Gasteiger partial charge is 0.329 e. The Morgan fingerprint density at radius 2 is 2.38 bits per heavy atom. The Labute approximate surface area is 96.6 Å². The molecule has 0 spiro atoms. The third-order valence-electron chi connectivity index (χ3n) is 3.62. The van der Waals surface area contributed by atoms with E-state index in [0.717, 1.165) is 25.5 Å². The van der Waals surface area contributed by atoms with Gasteiger partial charge in [0.05, 0.1) is 6.54 Å². The lowest BCUT2D eigenvalue weighted by Gasteiger charge is -2.39. The Morgan fingerprint density at radius 3 is 3.00 bits per heavy atom. The predicted molar refractivity (Wildman–Crippen MR) is 62.7 cm³/mol. The number of hydrogen-bond acceptors (Lipinski definition) is 4. The molecule has 0 saturated carbocycles. The van der Waals surface area contributed by atoms with Crippen LogP contribution in [0.5, 0.6) is 0 Å². The molecule has 5 heteroatoms. The highest BCUT2D eigenvalue weighted by atomic mass is 15.3. The molecule has 2 heterocycles. The number of aryl methyl sites for hydroxylation is 1. The van der Waals surface area contributed by atoms with Gasteiger partial charge in [0.25, 0.3) is 0 Å². The van der Waals surface area contributed by atoms with Gasteiger partial charge in [0.2, 0.25) is 0 Å². The average molecular weight is 223 g/mol. The van der Waals surface area contributed by atoms with E-state index in [2.05, 4.69) is 21.9 Å². The van der Waals surface area contributed by atoms with Crippen molar-refractivity contribution in [1.29, 1.82) is 0 Å². The molecule has 5 nitrogen and oxygen atoms in total. The second-order valence-electron chi connectivity index (χ2n) is 4.69. The van der Waals surface area contributed by atoms with Crippen LogP contribution in [0.4, 0.5) is 0 Å². The Bertz CT molecular complexity index is 335. The monoisotopic (exact) mass is 223 g/mol. The summed E-state index contributed by atoms with van der Waals surface area (Å²) in [5.41, 5.74) is 5.87. The summed E-state index contributed by atoms with van der Waals surface area (Å²) in [5.74, 6) is 1.71. The van der Waals surface area contributed by atoms with E-state index in [1.54, 1.807) is 6.33 Å². The van der Waals surface area contributed by atoms with Crippen molar-refractivity contribution in [3.05, 3.63) is 12.2 Å². The maximum Gasteiger partial charge on any atom is 0.140 e. The normalized spacial score (nSPS) is 27.2. The second kappa shape index (κ2) is 4.93. The van der Waals surface area contributed by atoms with Crippen molar-refractivity contribution < 1.29 is 0 Å². The summed E-state index contributed by atoms with van der Waals surface area (Å²) in [6.45, 7) is 5.02. The van der Waals surface area contributed by atoms with Crippen molar-refractivity contribution in [3.8, 4) is 0 Å². The Hall–Kier alpha value is -0.940. The fraction of sp³-hybridized carbons (Fsp3) is 0.818. The van der Waals surface area contributed by atoms with E-state index in [4.69, 9.17) is 5.73 Å². The summed E-state index contributed by atoms with van der Waals surface area (Å²) in [7, 11) is 1.94. The van der Waals surface area contributed by atoms with Crippen molar-refractivity contribution >= 4 is 0 Å². The minimum absolute atomic E-state index is 0.491. The molecule has 0 bridgehead atoms. The number of nitrogens with zero attached hydrogens (tertiary/aromatic N) is 4. The van der Waals surface area contributed by atoms with Gasteiger partial charge in [-0.15, -0.1) is 0 Å². The van der Waals surface area contributed by atoms with Crippen molar-refractivity contribution in [3.63, 3.8) is 0 Å². The van der Waals surface area contributed by atoms with E-state index in [0.29, 0.717) is 12.0 Å². The van der Waals surface area contributed by atoms with Crippen LogP contribution in [0.15, 0.2) is 6.33 Å². The lowest BCUT2D eigenvalue weighted by molar-refractivity contribution is 0.0951. The molecular formula is C11H21N5. The highest BCUT2D eigenvalue weighted by Gasteiger charge is 2.27. The number of piperidine rings is 1. The molecule has 2 rings (SSSR count). The van der Waals surface area contributed by atoms with E-state index in [1.165, 1.54) is 12.8 Å². The molecule has 0 aromatic carbocycles. The smallest absolute Gasteiger partial charge is 0.140 e. The highest BCUT2D eigenvalue weighted by molar-refractivity contribution is 4.89. The summed E-state index contributed by atoms with van der Waals surface area (Å²) in [5, 5.41) is 4.10. The van der Waals surface area contributed by atoms with E-state index < -0.39 is 0 Å². The topological polar surface area (TPSA) is 60.0 Å². The molecule has 0 amide bonds. The predicted octanol–water partition coefficient (Wildman–Crippen LogP) is 0.374. The maximum atomic E-state index is 5.87. The molecule has 0 radical (unpaired) electrons. The third-order valence-corrected chi connectivity index (χ3v) is 3.62. The number of likely N-dealkylation sites (tertiary alicyclic amines) is 1. The van der Waals surface area contributed by atoms with Crippen LogP contribution in [0.25, 0.3) is 0 Å². The van der Waals surface area contributed by atoms with Crippen LogP contribution < -0.4 is 5.73 Å². The van der Waals surface area contributed by atoms with Crippen LogP contribution in [0.2, 0.25) is 0 Å². The van der Waals surface area contributed by atoms with Crippen molar-refractivity contribution in [2.75, 3.05) is 13.1 Å². The van der Waals surface area contributed by atoms with Gasteiger partial charge in [0.1, 0.15) is 12.2 Å². The summed E-state index contributed by atoms with van der Waals surface area (Å²) >= 11 is 0. The van der Waals surface area contributed by atoms with E-state index in [-0.39, 0.29) is 0 Å². The number of aromatic nitrogens is 3. The average Bonchev–Trinajstić information content (AvgIpc) is 2.65. The first-order valence-electron chi connectivity index (χ1n) is 5.99. The first-order valence-corrected chi connectivity index (χ1v) is 5.99. The van der Waals surface area contributed by atoms with Gasteiger partial charge in [-0.3, -0.25) is 9.58 Å². The fourth-order valence-corrected chi connectivity index (χ4v) is 2.56. The standard InChI is InChI=1S/C11H21N5/c1-9-4-3-5-16(10(9)6-12)7-11-13-8-14-15(11)2/h8-10H,3-7,12H2,1-2H3. The SMILES string of the molecule is CC1CCCN(Cc2ncnn2C)C1CN. The maximum absolute atomic E-state index is 5.87. The summed E-state index contributed by atoms with van der Waals surface area (Å²) in [4.78, 5) is 6.72. The molecule has 90 valence electrons. The highest BCUT2D eigenvalue weighted by Crippen LogP contribution is 2.23. The fourth-order valence-electron chi connectivity index (χ4n) is 2.56. The third kappa shape index (κ3) is 2.25. The Kier molecular flexibility index (Phi) is 3.56. The zero-order chi connectivity index (χ0) is 11.5. The lowest BCUT2D eigenvalue weighted by atomic mass is 9.91. The molecule has 1 fully saturated rings. The summed E-state index contributed by atoms with van der Waals surface area (Å²) < 4.78 is 1.84. The van der Waals surface area contributed by atoms with Gasteiger partial charge in [-0.25, -0.2) is 4.98 Å². The Morgan fingerprint density at radius 1 is 1.56 bits per heavy atom. The van der Waals surface area contributed by atoms with Crippen LogP contribution in [0.3, 0.4) is 0 Å². The molecule has 1 aliphatic rings. The molecule has 2 unspecified atom stereocenters. The van der Waals surface area contributed by atoms with E-state index in [9.17, 15) is 0 Å². The van der Waals surface area contributed by atoms with Crippen LogP contribution in [0.1, 0.15) is 25.6 Å². The number of nitrogens with two attached hydrogens (primary N) is 1. The molecule has 2 atom stereocenters. The zero-order valence-corrected chi connectivity index (χ0v) is 10.1. The number of hydrogen-bond donors (Lipinski definition) is 1. The van der Waals surface area contributed by atoms with E-state index in [1.807, 2.05) is 11.7 Å². The van der Waals surface area contributed by atoms with Gasteiger partial charge < -0.3 is 5.73 Å². The Balaban J connectivity index is 2.05. The van der Waals surface area contributed by atoms with Gasteiger partial charge in [-0.1, -0.05) is 6.92 Å². The molecule has 16 heavy (non-hydrogen) atoms. The van der Waals surface area contributed by atoms with Crippen molar-refractivity contribution in [2.24, 2.45) is 18.7 Å². The molecule has 1 aromatic rings. The number of rotatable bonds is 3. The van der Waals surface area contributed by atoms with Gasteiger partial charge >= 0.3 is 0 Å². The van der Waals surface area contributed by atoms with Gasteiger partial charge in [-0.2, -0.15) is 5.10 Å². The molecule has 1 saturated heterocycles. The minimum Gasteiger partial charge on any atom is -0.329 e. The second-order valence-corrected chi connectivity index (χ2v) is 4.69. The molecule has 0 aliphatic carbocycles. The molecule has 1 aliphatic heterocycles. The van der Waals surface area contributed by atoms with Crippen LogP contribution >= 0.6 is 0 Å². The van der Waals surface area contributed by atoms with Gasteiger partial charge in [0.15, 0.2) is 0 Å². The summed E-state index contributed by atoms with van der Waals surface area (Å²) in [6, 6.07) is 0.491. The van der Waals surface area contributed by atoms with Crippen molar-refractivity contribution in [1.82, 2.24) is 19.7 Å². The van der Waals surface area contributed by atoms with E-state index >= 15 is 0 Å². The zero-order valence-electron chi connectivity index (χ0n) is 10.1. The van der Waals surface area contributed by atoms with Gasteiger partial charge in [0, 0.05) is 19.6 Å². The quantitative estimate of drug-likeness (QED) is 0.804. The summed E-state index contributed by atoms with van der Waals surface area (Å²) in [6.07, 6.45) is 4.16. The van der Waals surface area contributed by atoms with Crippen LogP contribution in [-0.2, 0) is 13.6 Å². The van der Waals surface area contributed by atoms with Crippen LogP contribution in [0, 0.1) is 5.92 Å². The molecule has 2 N–H and O–H groups in total. The van der Waals surface area contributed by atoms with Crippen LogP contribution in [-0.4, -0.2) is 38.8 Å². The van der Waals surface area contributed by atoms with Gasteiger partial charge in [-0.05, 0) is 25.3 Å². The first-order chi connectivity index (χ1) is 7.72. The van der Waals surface area contributed by atoms with Crippen molar-refractivity contribution in [2.45, 2.75) is 32.4 Å². The minimum atomic E-state index is 0.491. The molecular weight excluding hydrogens is 202 g/mol. The molecule has 1 aromatic heterocycles.